The summed E-state index contributed by atoms with van der Waals surface area (Å²) < 4.78 is 0. The number of amides is 2. The molecule has 0 saturated carbocycles. The van der Waals surface area contributed by atoms with Crippen molar-refractivity contribution in [3.8, 4) is 11.1 Å². The molecule has 3 aromatic carbocycles. The largest absolute Gasteiger partial charge is 0.301 e. The molecule has 1 saturated heterocycles. The molecular weight excluding hydrogens is 382 g/mol. The van der Waals surface area contributed by atoms with Crippen LogP contribution in [0.15, 0.2) is 89.9 Å². The summed E-state index contributed by atoms with van der Waals surface area (Å²) in [6.07, 6.45) is 1.37. The number of benzene rings is 3. The molecule has 1 atom stereocenters. The van der Waals surface area contributed by atoms with Crippen LogP contribution in [-0.4, -0.2) is 23.1 Å². The second kappa shape index (κ2) is 8.16. The summed E-state index contributed by atoms with van der Waals surface area (Å²) in [5, 5.41) is 2.65. The molecule has 0 radical (unpaired) electrons. The van der Waals surface area contributed by atoms with E-state index in [9.17, 15) is 9.59 Å². The third-order valence-electron chi connectivity index (χ3n) is 4.56. The molecule has 0 bridgehead atoms. The first-order valence-corrected chi connectivity index (χ1v) is 9.48. The van der Waals surface area contributed by atoms with Gasteiger partial charge >= 0.3 is 0 Å². The van der Waals surface area contributed by atoms with E-state index >= 15 is 0 Å². The van der Waals surface area contributed by atoms with Crippen LogP contribution in [-0.2, 0) is 9.59 Å². The van der Waals surface area contributed by atoms with Crippen LogP contribution < -0.4 is 10.2 Å². The van der Waals surface area contributed by atoms with Gasteiger partial charge in [-0.25, -0.2) is 0 Å². The minimum absolute atomic E-state index is 0.0723. The molecule has 1 aliphatic heterocycles. The number of nitrogens with one attached hydrogen (secondary N) is 1. The van der Waals surface area contributed by atoms with Crippen LogP contribution in [0, 0.1) is 5.92 Å². The van der Waals surface area contributed by atoms with Crippen molar-refractivity contribution in [1.82, 2.24) is 5.32 Å². The Balaban J connectivity index is 1.54. The third kappa shape index (κ3) is 3.97. The van der Waals surface area contributed by atoms with E-state index in [2.05, 4.69) is 10.3 Å². The van der Waals surface area contributed by atoms with Gasteiger partial charge in [-0.2, -0.15) is 0 Å². The van der Waals surface area contributed by atoms with Crippen molar-refractivity contribution in [2.24, 2.45) is 10.9 Å². The number of para-hydroxylation sites is 1. The number of thiocarbonyl (C=S) groups is 1. The maximum Gasteiger partial charge on any atom is 0.251 e. The van der Waals surface area contributed by atoms with Crippen LogP contribution in [0.3, 0.4) is 0 Å². The van der Waals surface area contributed by atoms with Gasteiger partial charge in [-0.05, 0) is 47.6 Å². The van der Waals surface area contributed by atoms with Crippen molar-refractivity contribution in [2.45, 2.75) is 0 Å². The van der Waals surface area contributed by atoms with Crippen LogP contribution in [0.1, 0.15) is 0 Å². The zero-order valence-electron chi connectivity index (χ0n) is 15.4. The van der Waals surface area contributed by atoms with Gasteiger partial charge in [0.1, 0.15) is 0 Å². The average molecular weight is 399 g/mol. The maximum absolute atomic E-state index is 12.9. The number of aliphatic imine (C=N–C) groups is 1. The molecule has 0 aromatic heterocycles. The van der Waals surface area contributed by atoms with Crippen molar-refractivity contribution < 1.29 is 9.59 Å². The molecule has 1 heterocycles. The monoisotopic (exact) mass is 399 g/mol. The van der Waals surface area contributed by atoms with Crippen molar-refractivity contribution in [3.63, 3.8) is 0 Å². The van der Waals surface area contributed by atoms with E-state index in [0.29, 0.717) is 11.4 Å². The molecule has 0 unspecified atom stereocenters. The lowest BCUT2D eigenvalue weighted by Gasteiger charge is -2.30. The Kier molecular flexibility index (Phi) is 5.27. The number of hydrogen-bond acceptors (Lipinski definition) is 4. The summed E-state index contributed by atoms with van der Waals surface area (Å²) in [4.78, 5) is 30.9. The lowest BCUT2D eigenvalue weighted by Crippen LogP contribution is -2.58. The van der Waals surface area contributed by atoms with Gasteiger partial charge in [-0.3, -0.25) is 19.5 Å². The Labute approximate surface area is 173 Å². The predicted octanol–water partition coefficient (Wildman–Crippen LogP) is 4.12. The highest BCUT2D eigenvalue weighted by Gasteiger charge is 2.38. The third-order valence-corrected chi connectivity index (χ3v) is 4.85. The minimum Gasteiger partial charge on any atom is -0.301 e. The highest BCUT2D eigenvalue weighted by molar-refractivity contribution is 7.80. The summed E-state index contributed by atoms with van der Waals surface area (Å²) in [5.41, 5.74) is 3.44. The van der Waals surface area contributed by atoms with Gasteiger partial charge < -0.3 is 5.32 Å². The van der Waals surface area contributed by atoms with Gasteiger partial charge in [0.25, 0.3) is 5.91 Å². The molecule has 3 aromatic rings. The van der Waals surface area contributed by atoms with Crippen molar-refractivity contribution >= 4 is 46.7 Å². The Bertz CT molecular complexity index is 1080. The Morgan fingerprint density at radius 1 is 0.828 bits per heavy atom. The van der Waals surface area contributed by atoms with Gasteiger partial charge in [-0.1, -0.05) is 60.7 Å². The van der Waals surface area contributed by atoms with E-state index in [1.165, 1.54) is 11.1 Å². The fourth-order valence-corrected chi connectivity index (χ4v) is 3.37. The van der Waals surface area contributed by atoms with E-state index in [1.807, 2.05) is 60.7 Å². The van der Waals surface area contributed by atoms with Crippen LogP contribution >= 0.6 is 12.2 Å². The van der Waals surface area contributed by atoms with Crippen molar-refractivity contribution in [2.75, 3.05) is 4.90 Å². The number of carbonyl (C=O) groups is 2. The van der Waals surface area contributed by atoms with E-state index in [1.54, 1.807) is 24.3 Å². The van der Waals surface area contributed by atoms with Crippen molar-refractivity contribution in [1.29, 1.82) is 0 Å². The molecule has 0 aliphatic carbocycles. The molecule has 4 rings (SSSR count). The van der Waals surface area contributed by atoms with E-state index in [0.717, 1.165) is 11.1 Å². The van der Waals surface area contributed by atoms with Crippen LogP contribution in [0.25, 0.3) is 11.1 Å². The smallest absolute Gasteiger partial charge is 0.251 e. The zero-order chi connectivity index (χ0) is 20.2. The molecule has 142 valence electrons. The summed E-state index contributed by atoms with van der Waals surface area (Å²) in [5.74, 6) is -1.94. The molecule has 1 fully saturated rings. The van der Waals surface area contributed by atoms with E-state index < -0.39 is 17.7 Å². The van der Waals surface area contributed by atoms with E-state index in [-0.39, 0.29) is 5.11 Å². The number of hydrogen-bond donors (Lipinski definition) is 1. The SMILES string of the molecule is O=C1NC(=S)N(c2ccccc2)C(=O)[C@H]1C=Nc1ccc(-c2ccccc2)cc1. The molecule has 6 heteroatoms. The molecular formula is C23H17N3O2S. The van der Waals surface area contributed by atoms with Crippen LogP contribution in [0.2, 0.25) is 0 Å². The molecule has 1 aliphatic rings. The first kappa shape index (κ1) is 18.7. The number of nitrogens with zero attached hydrogens (tertiary/aromatic N) is 2. The summed E-state index contributed by atoms with van der Waals surface area (Å²) in [6.45, 7) is 0. The normalized spacial score (nSPS) is 16.9. The second-order valence-electron chi connectivity index (χ2n) is 6.47. The van der Waals surface area contributed by atoms with Gasteiger partial charge in [0.05, 0.1) is 11.4 Å². The molecule has 2 amide bonds. The summed E-state index contributed by atoms with van der Waals surface area (Å²) in [6, 6.07) is 26.6. The minimum atomic E-state index is -1.05. The fraction of sp³-hybridized carbons (Fsp3) is 0.0435. The zero-order valence-corrected chi connectivity index (χ0v) is 16.2. The van der Waals surface area contributed by atoms with Crippen LogP contribution in [0.4, 0.5) is 11.4 Å². The summed E-state index contributed by atoms with van der Waals surface area (Å²) in [7, 11) is 0. The quantitative estimate of drug-likeness (QED) is 0.408. The molecule has 1 N–H and O–H groups in total. The molecule has 5 nitrogen and oxygen atoms in total. The maximum atomic E-state index is 12.9. The fourth-order valence-electron chi connectivity index (χ4n) is 3.07. The Morgan fingerprint density at radius 3 is 2.07 bits per heavy atom. The first-order chi connectivity index (χ1) is 14.1. The van der Waals surface area contributed by atoms with Gasteiger partial charge in [0.2, 0.25) is 5.91 Å². The second-order valence-corrected chi connectivity index (χ2v) is 6.86. The highest BCUT2D eigenvalue weighted by Crippen LogP contribution is 2.23. The van der Waals surface area contributed by atoms with E-state index in [4.69, 9.17) is 12.2 Å². The average Bonchev–Trinajstić information content (AvgIpc) is 2.75. The lowest BCUT2D eigenvalue weighted by atomic mass is 10.0. The van der Waals surface area contributed by atoms with Crippen LogP contribution in [0.5, 0.6) is 0 Å². The first-order valence-electron chi connectivity index (χ1n) is 9.07. The molecule has 0 spiro atoms. The standard InChI is InChI=1S/C23H17N3O2S/c27-21-20(22(28)26(23(29)25-21)19-9-5-2-6-10-19)15-24-18-13-11-17(12-14-18)16-7-3-1-4-8-16/h1-15,20H,(H,25,27,29)/t20-/m0/s1. The van der Waals surface area contributed by atoms with Gasteiger partial charge in [-0.15, -0.1) is 0 Å². The van der Waals surface area contributed by atoms with Crippen molar-refractivity contribution in [3.05, 3.63) is 84.9 Å². The lowest BCUT2D eigenvalue weighted by molar-refractivity contribution is -0.130. The highest BCUT2D eigenvalue weighted by atomic mass is 32.1. The topological polar surface area (TPSA) is 61.8 Å². The number of rotatable bonds is 4. The van der Waals surface area contributed by atoms with Gasteiger partial charge in [0.15, 0.2) is 11.0 Å². The molecule has 29 heavy (non-hydrogen) atoms. The Hall–Kier alpha value is -3.64. The number of carbonyl (C=O) groups excluding carboxylic acids is 2. The Morgan fingerprint density at radius 2 is 1.41 bits per heavy atom. The number of anilines is 1. The van der Waals surface area contributed by atoms with Gasteiger partial charge in [0, 0.05) is 6.21 Å². The summed E-state index contributed by atoms with van der Waals surface area (Å²) >= 11 is 5.18. The predicted molar refractivity (Wildman–Crippen MR) is 118 cm³/mol.